The first-order valence-electron chi connectivity index (χ1n) is 9.65. The number of carbonyl (C=O) groups is 2. The maximum absolute atomic E-state index is 12.5. The van der Waals surface area contributed by atoms with Gasteiger partial charge in [0.2, 0.25) is 0 Å². The molecule has 1 aromatic carbocycles. The van der Waals surface area contributed by atoms with Crippen LogP contribution in [0.2, 0.25) is 0 Å². The fourth-order valence-electron chi connectivity index (χ4n) is 3.89. The van der Waals surface area contributed by atoms with E-state index in [1.807, 2.05) is 19.1 Å². The maximum atomic E-state index is 12.5. The molecule has 2 aliphatic rings. The fraction of sp³-hybridized carbons (Fsp3) is 0.455. The van der Waals surface area contributed by atoms with Gasteiger partial charge in [0.15, 0.2) is 0 Å². The Kier molecular flexibility index (Phi) is 5.52. The molecule has 2 heterocycles. The number of amides is 2. The third-order valence-corrected chi connectivity index (χ3v) is 5.97. The van der Waals surface area contributed by atoms with Gasteiger partial charge in [-0.3, -0.25) is 14.5 Å². The minimum atomic E-state index is -0.175. The van der Waals surface area contributed by atoms with Gasteiger partial charge in [-0.1, -0.05) is 26.0 Å². The maximum Gasteiger partial charge on any atom is 0.293 e. The summed E-state index contributed by atoms with van der Waals surface area (Å²) in [6.07, 6.45) is 6.02. The molecule has 144 valence electrons. The lowest BCUT2D eigenvalue weighted by Gasteiger charge is -2.43. The lowest BCUT2D eigenvalue weighted by atomic mass is 9.88. The molecule has 27 heavy (non-hydrogen) atoms. The molecule has 1 fully saturated rings. The van der Waals surface area contributed by atoms with E-state index in [1.54, 1.807) is 0 Å². The third kappa shape index (κ3) is 3.70. The van der Waals surface area contributed by atoms with Crippen LogP contribution in [0, 0.1) is 0 Å². The number of thioether (sulfide) groups is 1. The predicted molar refractivity (Wildman–Crippen MR) is 115 cm³/mol. The molecule has 0 spiro atoms. The van der Waals surface area contributed by atoms with E-state index >= 15 is 0 Å². The first-order valence-corrected chi connectivity index (χ1v) is 10.5. The van der Waals surface area contributed by atoms with Crippen LogP contribution in [-0.2, 0) is 4.79 Å². The molecule has 3 rings (SSSR count). The number of imide groups is 1. The summed E-state index contributed by atoms with van der Waals surface area (Å²) in [5.74, 6) is -0.175. The summed E-state index contributed by atoms with van der Waals surface area (Å²) < 4.78 is 0. The van der Waals surface area contributed by atoms with Crippen LogP contribution in [0.3, 0.4) is 0 Å². The minimum Gasteiger partial charge on any atom is -0.362 e. The molecule has 0 aliphatic carbocycles. The highest BCUT2D eigenvalue weighted by Crippen LogP contribution is 2.40. The lowest BCUT2D eigenvalue weighted by molar-refractivity contribution is -0.122. The molecule has 0 atom stereocenters. The van der Waals surface area contributed by atoms with Crippen LogP contribution in [-0.4, -0.2) is 34.7 Å². The van der Waals surface area contributed by atoms with E-state index in [1.165, 1.54) is 21.7 Å². The zero-order chi connectivity index (χ0) is 19.8. The van der Waals surface area contributed by atoms with Gasteiger partial charge in [0.05, 0.1) is 10.4 Å². The molecule has 0 N–H and O–H groups in total. The van der Waals surface area contributed by atoms with E-state index in [4.69, 9.17) is 0 Å². The van der Waals surface area contributed by atoms with Crippen molar-refractivity contribution in [2.75, 3.05) is 18.0 Å². The number of fused-ring (bicyclic) bond motifs is 1. The van der Waals surface area contributed by atoms with Gasteiger partial charge in [0.1, 0.15) is 0 Å². The smallest absolute Gasteiger partial charge is 0.293 e. The average molecular weight is 385 g/mol. The molecule has 0 unspecified atom stereocenters. The Bertz CT molecular complexity index is 839. The number of carbonyl (C=O) groups excluding carboxylic acids is 2. The molecule has 0 bridgehead atoms. The number of hydrogen-bond donors (Lipinski definition) is 0. The number of allylic oxidation sites excluding steroid dienone is 1. The quantitative estimate of drug-likeness (QED) is 0.625. The fourth-order valence-corrected chi connectivity index (χ4v) is 4.76. The largest absolute Gasteiger partial charge is 0.362 e. The second-order valence-electron chi connectivity index (χ2n) is 7.74. The van der Waals surface area contributed by atoms with Gasteiger partial charge >= 0.3 is 0 Å². The van der Waals surface area contributed by atoms with Crippen molar-refractivity contribution in [1.29, 1.82) is 0 Å². The minimum absolute atomic E-state index is 0.0165. The van der Waals surface area contributed by atoms with Crippen molar-refractivity contribution in [3.63, 3.8) is 0 Å². The van der Waals surface area contributed by atoms with Crippen LogP contribution in [0.5, 0.6) is 0 Å². The standard InChI is InChI=1S/C22H28N2O2S/c1-6-10-23-20(25)19(27-21(23)26)13-16-8-9-18-17(12-16)15(3)14-22(4,5)24(18)11-7-2/h8-9,12-14H,6-7,10-11H2,1-5H3/b19-13+. The number of hydrogen-bond acceptors (Lipinski definition) is 4. The topological polar surface area (TPSA) is 40.6 Å². The Hall–Kier alpha value is -2.01. The molecule has 1 saturated heterocycles. The highest BCUT2D eigenvalue weighted by molar-refractivity contribution is 8.18. The van der Waals surface area contributed by atoms with E-state index in [0.717, 1.165) is 36.7 Å². The molecule has 1 aromatic rings. The highest BCUT2D eigenvalue weighted by Gasteiger charge is 2.34. The summed E-state index contributed by atoms with van der Waals surface area (Å²) in [4.78, 5) is 28.8. The summed E-state index contributed by atoms with van der Waals surface area (Å²) in [6.45, 7) is 12.3. The average Bonchev–Trinajstić information content (AvgIpc) is 2.86. The van der Waals surface area contributed by atoms with Crippen molar-refractivity contribution >= 4 is 40.2 Å². The SMILES string of the molecule is CCCN1C(=O)S/C(=C/c2ccc3c(c2)C(C)=CC(C)(C)N3CCC)C1=O. The van der Waals surface area contributed by atoms with Gasteiger partial charge < -0.3 is 4.90 Å². The van der Waals surface area contributed by atoms with Crippen molar-refractivity contribution in [1.82, 2.24) is 4.90 Å². The van der Waals surface area contributed by atoms with E-state index in [0.29, 0.717) is 11.4 Å². The second-order valence-corrected chi connectivity index (χ2v) is 8.74. The number of rotatable bonds is 5. The number of anilines is 1. The zero-order valence-corrected chi connectivity index (χ0v) is 17.7. The van der Waals surface area contributed by atoms with Crippen molar-refractivity contribution in [2.24, 2.45) is 0 Å². The van der Waals surface area contributed by atoms with E-state index in [2.05, 4.69) is 50.8 Å². The first kappa shape index (κ1) is 19.7. The Balaban J connectivity index is 1.96. The van der Waals surface area contributed by atoms with Gasteiger partial charge in [-0.05, 0) is 74.7 Å². The second kappa shape index (κ2) is 7.55. The molecule has 2 amide bonds. The van der Waals surface area contributed by atoms with E-state index < -0.39 is 0 Å². The van der Waals surface area contributed by atoms with Gasteiger partial charge in [0.25, 0.3) is 11.1 Å². The molecule has 0 radical (unpaired) electrons. The van der Waals surface area contributed by atoms with Crippen molar-refractivity contribution in [2.45, 2.75) is 53.0 Å². The molecular formula is C22H28N2O2S. The van der Waals surface area contributed by atoms with Gasteiger partial charge in [-0.25, -0.2) is 0 Å². The lowest BCUT2D eigenvalue weighted by Crippen LogP contribution is -2.45. The first-order chi connectivity index (χ1) is 12.8. The predicted octanol–water partition coefficient (Wildman–Crippen LogP) is 5.54. The molecular weight excluding hydrogens is 356 g/mol. The van der Waals surface area contributed by atoms with Crippen LogP contribution >= 0.6 is 11.8 Å². The van der Waals surface area contributed by atoms with Crippen molar-refractivity contribution in [3.8, 4) is 0 Å². The van der Waals surface area contributed by atoms with Crippen molar-refractivity contribution < 1.29 is 9.59 Å². The number of nitrogens with zero attached hydrogens (tertiary/aromatic N) is 2. The zero-order valence-electron chi connectivity index (χ0n) is 16.8. The Labute approximate surface area is 166 Å². The van der Waals surface area contributed by atoms with Crippen LogP contribution in [0.4, 0.5) is 10.5 Å². The monoisotopic (exact) mass is 384 g/mol. The molecule has 4 nitrogen and oxygen atoms in total. The summed E-state index contributed by atoms with van der Waals surface area (Å²) in [5, 5.41) is -0.169. The van der Waals surface area contributed by atoms with Gasteiger partial charge in [0, 0.05) is 24.3 Å². The highest BCUT2D eigenvalue weighted by atomic mass is 32.2. The van der Waals surface area contributed by atoms with Gasteiger partial charge in [-0.15, -0.1) is 0 Å². The summed E-state index contributed by atoms with van der Waals surface area (Å²) in [7, 11) is 0. The normalized spacial score (nSPS) is 20.3. The van der Waals surface area contributed by atoms with Gasteiger partial charge in [-0.2, -0.15) is 0 Å². The Morgan fingerprint density at radius 2 is 1.81 bits per heavy atom. The van der Waals surface area contributed by atoms with E-state index in [-0.39, 0.29) is 16.7 Å². The molecule has 0 saturated carbocycles. The van der Waals surface area contributed by atoms with Crippen LogP contribution in [0.25, 0.3) is 11.6 Å². The van der Waals surface area contributed by atoms with Crippen LogP contribution < -0.4 is 4.90 Å². The summed E-state index contributed by atoms with van der Waals surface area (Å²) in [5.41, 5.74) is 4.62. The molecule has 0 aromatic heterocycles. The summed E-state index contributed by atoms with van der Waals surface area (Å²) in [6, 6.07) is 6.32. The third-order valence-electron chi connectivity index (χ3n) is 5.07. The van der Waals surface area contributed by atoms with E-state index in [9.17, 15) is 9.59 Å². The Morgan fingerprint density at radius 3 is 2.48 bits per heavy atom. The Morgan fingerprint density at radius 1 is 1.11 bits per heavy atom. The molecule has 5 heteroatoms. The summed E-state index contributed by atoms with van der Waals surface area (Å²) >= 11 is 1.04. The van der Waals surface area contributed by atoms with Crippen LogP contribution in [0.15, 0.2) is 29.2 Å². The number of benzene rings is 1. The molecule has 2 aliphatic heterocycles. The van der Waals surface area contributed by atoms with Crippen molar-refractivity contribution in [3.05, 3.63) is 40.3 Å². The van der Waals surface area contributed by atoms with Crippen LogP contribution in [0.1, 0.15) is 58.6 Å².